The highest BCUT2D eigenvalue weighted by Crippen LogP contribution is 2.18. The van der Waals surface area contributed by atoms with Crippen LogP contribution in [0.2, 0.25) is 0 Å². The number of hydrogen-bond donors (Lipinski definition) is 2. The number of nitrogens with one attached hydrogen (secondary N) is 1. The summed E-state index contributed by atoms with van der Waals surface area (Å²) in [6.07, 6.45) is 0.637. The second kappa shape index (κ2) is 7.66. The Labute approximate surface area is 106 Å². The van der Waals surface area contributed by atoms with Crippen LogP contribution in [-0.2, 0) is 11.2 Å². The van der Waals surface area contributed by atoms with Gasteiger partial charge in [0.1, 0.15) is 0 Å². The van der Waals surface area contributed by atoms with E-state index < -0.39 is 5.82 Å². The molecule has 0 heterocycles. The van der Waals surface area contributed by atoms with Gasteiger partial charge in [-0.1, -0.05) is 6.07 Å². The molecule has 0 unspecified atom stereocenters. The summed E-state index contributed by atoms with van der Waals surface area (Å²) in [6.45, 7) is 2.48. The van der Waals surface area contributed by atoms with E-state index in [-0.39, 0.29) is 24.7 Å². The summed E-state index contributed by atoms with van der Waals surface area (Å²) in [5.41, 5.74) is 0.792. The average Bonchev–Trinajstić information content (AvgIpc) is 2.33. The van der Waals surface area contributed by atoms with E-state index in [1.165, 1.54) is 6.07 Å². The number of aliphatic hydroxyl groups excluding tert-OH is 1. The third-order valence-electron chi connectivity index (χ3n) is 2.37. The Kier molecular flexibility index (Phi) is 6.14. The SMILES string of the molecule is CCOc1ccc(CCNC(=O)CCO)cc1F. The summed E-state index contributed by atoms with van der Waals surface area (Å²) in [7, 11) is 0. The van der Waals surface area contributed by atoms with Crippen LogP contribution in [-0.4, -0.2) is 30.8 Å². The van der Waals surface area contributed by atoms with Crippen LogP contribution in [0.4, 0.5) is 4.39 Å². The van der Waals surface area contributed by atoms with E-state index in [0.717, 1.165) is 5.56 Å². The van der Waals surface area contributed by atoms with E-state index in [2.05, 4.69) is 5.32 Å². The van der Waals surface area contributed by atoms with Gasteiger partial charge in [0.25, 0.3) is 0 Å². The standard InChI is InChI=1S/C13H18FNO3/c1-2-18-12-4-3-10(9-11(12)14)5-7-15-13(17)6-8-16/h3-4,9,16H,2,5-8H2,1H3,(H,15,17). The molecule has 0 saturated carbocycles. The summed E-state index contributed by atoms with van der Waals surface area (Å²) >= 11 is 0. The Bertz CT molecular complexity index is 396. The molecule has 1 amide bonds. The number of aliphatic hydroxyl groups is 1. The topological polar surface area (TPSA) is 58.6 Å². The van der Waals surface area contributed by atoms with Crippen molar-refractivity contribution in [2.75, 3.05) is 19.8 Å². The van der Waals surface area contributed by atoms with Crippen molar-refractivity contribution in [3.63, 3.8) is 0 Å². The normalized spacial score (nSPS) is 10.2. The predicted molar refractivity (Wildman–Crippen MR) is 66.0 cm³/mol. The van der Waals surface area contributed by atoms with Crippen molar-refractivity contribution in [3.05, 3.63) is 29.6 Å². The van der Waals surface area contributed by atoms with Gasteiger partial charge in [-0.2, -0.15) is 0 Å². The molecular formula is C13H18FNO3. The molecule has 100 valence electrons. The Morgan fingerprint density at radius 2 is 2.28 bits per heavy atom. The highest BCUT2D eigenvalue weighted by molar-refractivity contribution is 5.75. The maximum absolute atomic E-state index is 13.5. The highest BCUT2D eigenvalue weighted by Gasteiger charge is 2.05. The van der Waals surface area contributed by atoms with Crippen LogP contribution < -0.4 is 10.1 Å². The number of benzene rings is 1. The van der Waals surface area contributed by atoms with E-state index in [9.17, 15) is 9.18 Å². The van der Waals surface area contributed by atoms with Crippen molar-refractivity contribution in [2.24, 2.45) is 0 Å². The van der Waals surface area contributed by atoms with Crippen molar-refractivity contribution in [3.8, 4) is 5.75 Å². The molecule has 0 spiro atoms. The Morgan fingerprint density at radius 1 is 1.50 bits per heavy atom. The Hall–Kier alpha value is -1.62. The highest BCUT2D eigenvalue weighted by atomic mass is 19.1. The van der Waals surface area contributed by atoms with Crippen molar-refractivity contribution in [1.82, 2.24) is 5.32 Å². The summed E-state index contributed by atoms with van der Waals surface area (Å²) in [6, 6.07) is 4.76. The molecule has 2 N–H and O–H groups in total. The van der Waals surface area contributed by atoms with Gasteiger partial charge in [-0.05, 0) is 31.0 Å². The van der Waals surface area contributed by atoms with Gasteiger partial charge in [0, 0.05) is 13.0 Å². The largest absolute Gasteiger partial charge is 0.491 e. The monoisotopic (exact) mass is 255 g/mol. The van der Waals surface area contributed by atoms with Crippen LogP contribution in [0.1, 0.15) is 18.9 Å². The average molecular weight is 255 g/mol. The maximum Gasteiger partial charge on any atom is 0.222 e. The zero-order valence-electron chi connectivity index (χ0n) is 10.4. The van der Waals surface area contributed by atoms with Gasteiger partial charge in [-0.15, -0.1) is 0 Å². The van der Waals surface area contributed by atoms with E-state index >= 15 is 0 Å². The maximum atomic E-state index is 13.5. The minimum absolute atomic E-state index is 0.0949. The van der Waals surface area contributed by atoms with Crippen LogP contribution in [0.3, 0.4) is 0 Å². The summed E-state index contributed by atoms with van der Waals surface area (Å²) < 4.78 is 18.6. The molecule has 0 aliphatic heterocycles. The van der Waals surface area contributed by atoms with Crippen molar-refractivity contribution in [1.29, 1.82) is 0 Å². The van der Waals surface area contributed by atoms with Gasteiger partial charge < -0.3 is 15.2 Å². The van der Waals surface area contributed by atoms with Gasteiger partial charge in [-0.3, -0.25) is 4.79 Å². The molecule has 0 aromatic heterocycles. The third-order valence-corrected chi connectivity index (χ3v) is 2.37. The third kappa shape index (κ3) is 4.71. The van der Waals surface area contributed by atoms with Crippen LogP contribution >= 0.6 is 0 Å². The number of amides is 1. The number of carbonyl (C=O) groups is 1. The minimum Gasteiger partial charge on any atom is -0.491 e. The van der Waals surface area contributed by atoms with Crippen molar-refractivity contribution >= 4 is 5.91 Å². The molecule has 0 saturated heterocycles. The number of ether oxygens (including phenoxy) is 1. The van der Waals surface area contributed by atoms with E-state index in [0.29, 0.717) is 19.6 Å². The molecule has 0 atom stereocenters. The van der Waals surface area contributed by atoms with E-state index in [1.807, 2.05) is 0 Å². The number of hydrogen-bond acceptors (Lipinski definition) is 3. The van der Waals surface area contributed by atoms with Gasteiger partial charge in [0.2, 0.25) is 5.91 Å². The van der Waals surface area contributed by atoms with E-state index in [1.54, 1.807) is 19.1 Å². The van der Waals surface area contributed by atoms with Gasteiger partial charge in [-0.25, -0.2) is 4.39 Å². The van der Waals surface area contributed by atoms with Gasteiger partial charge in [0.15, 0.2) is 11.6 Å². The summed E-state index contributed by atoms with van der Waals surface area (Å²) in [5.74, 6) is -0.356. The fourth-order valence-corrected chi connectivity index (χ4v) is 1.51. The molecule has 0 aliphatic carbocycles. The lowest BCUT2D eigenvalue weighted by atomic mass is 10.1. The van der Waals surface area contributed by atoms with Gasteiger partial charge >= 0.3 is 0 Å². The lowest BCUT2D eigenvalue weighted by molar-refractivity contribution is -0.121. The zero-order chi connectivity index (χ0) is 13.4. The molecular weight excluding hydrogens is 237 g/mol. The first-order chi connectivity index (χ1) is 8.67. The fourth-order valence-electron chi connectivity index (χ4n) is 1.51. The number of halogens is 1. The second-order valence-corrected chi connectivity index (χ2v) is 3.77. The van der Waals surface area contributed by atoms with Crippen LogP contribution in [0.15, 0.2) is 18.2 Å². The first-order valence-electron chi connectivity index (χ1n) is 5.96. The molecule has 0 radical (unpaired) electrons. The smallest absolute Gasteiger partial charge is 0.222 e. The zero-order valence-corrected chi connectivity index (χ0v) is 10.4. The molecule has 0 aliphatic rings. The first-order valence-corrected chi connectivity index (χ1v) is 5.96. The molecule has 1 rings (SSSR count). The molecule has 5 heteroatoms. The molecule has 1 aromatic rings. The lowest BCUT2D eigenvalue weighted by Gasteiger charge is -2.07. The minimum atomic E-state index is -0.393. The number of rotatable bonds is 7. The van der Waals surface area contributed by atoms with Crippen LogP contribution in [0, 0.1) is 5.82 Å². The first kappa shape index (κ1) is 14.4. The van der Waals surface area contributed by atoms with Crippen molar-refractivity contribution < 1.29 is 19.0 Å². The molecule has 4 nitrogen and oxygen atoms in total. The fraction of sp³-hybridized carbons (Fsp3) is 0.462. The lowest BCUT2D eigenvalue weighted by Crippen LogP contribution is -2.26. The summed E-state index contributed by atoms with van der Waals surface area (Å²) in [5, 5.41) is 11.2. The Balaban J connectivity index is 2.43. The molecule has 0 bridgehead atoms. The van der Waals surface area contributed by atoms with Crippen molar-refractivity contribution in [2.45, 2.75) is 19.8 Å². The molecule has 18 heavy (non-hydrogen) atoms. The second-order valence-electron chi connectivity index (χ2n) is 3.77. The van der Waals surface area contributed by atoms with Crippen LogP contribution in [0.5, 0.6) is 5.75 Å². The quantitative estimate of drug-likeness (QED) is 0.771. The van der Waals surface area contributed by atoms with Gasteiger partial charge in [0.05, 0.1) is 13.2 Å². The molecule has 0 fully saturated rings. The predicted octanol–water partition coefficient (Wildman–Crippen LogP) is 1.27. The van der Waals surface area contributed by atoms with E-state index in [4.69, 9.17) is 9.84 Å². The van der Waals surface area contributed by atoms with Crippen LogP contribution in [0.25, 0.3) is 0 Å². The number of carbonyl (C=O) groups excluding carboxylic acids is 1. The molecule has 1 aromatic carbocycles. The Morgan fingerprint density at radius 3 is 2.89 bits per heavy atom. The summed E-state index contributed by atoms with van der Waals surface area (Å²) in [4.78, 5) is 11.1.